The van der Waals surface area contributed by atoms with Crippen LogP contribution in [0.1, 0.15) is 37.7 Å². The molecule has 1 fully saturated rings. The van der Waals surface area contributed by atoms with Crippen LogP contribution in [-0.2, 0) is 14.3 Å². The average molecular weight is 346 g/mol. The van der Waals surface area contributed by atoms with E-state index in [0.717, 1.165) is 38.2 Å². The molecule has 0 spiro atoms. The van der Waals surface area contributed by atoms with E-state index < -0.39 is 5.92 Å². The fourth-order valence-corrected chi connectivity index (χ4v) is 3.62. The van der Waals surface area contributed by atoms with Crippen molar-refractivity contribution >= 4 is 17.5 Å². The van der Waals surface area contributed by atoms with E-state index >= 15 is 0 Å². The van der Waals surface area contributed by atoms with E-state index in [1.165, 1.54) is 0 Å². The van der Waals surface area contributed by atoms with Gasteiger partial charge in [0.2, 0.25) is 11.8 Å². The van der Waals surface area contributed by atoms with Gasteiger partial charge in [0.1, 0.15) is 5.75 Å². The van der Waals surface area contributed by atoms with E-state index in [0.29, 0.717) is 23.9 Å². The van der Waals surface area contributed by atoms with Gasteiger partial charge < -0.3 is 19.7 Å². The highest BCUT2D eigenvalue weighted by molar-refractivity contribution is 6.01. The summed E-state index contributed by atoms with van der Waals surface area (Å²) in [6.07, 6.45) is 2.15. The van der Waals surface area contributed by atoms with Gasteiger partial charge in [-0.3, -0.25) is 9.59 Å². The lowest BCUT2D eigenvalue weighted by Crippen LogP contribution is -2.41. The van der Waals surface area contributed by atoms with Gasteiger partial charge in [0, 0.05) is 38.4 Å². The van der Waals surface area contributed by atoms with Gasteiger partial charge >= 0.3 is 0 Å². The first-order valence-electron chi connectivity index (χ1n) is 8.96. The van der Waals surface area contributed by atoms with E-state index in [1.54, 1.807) is 19.2 Å². The minimum absolute atomic E-state index is 0.0262. The molecule has 1 N–H and O–H groups in total. The third-order valence-corrected chi connectivity index (χ3v) is 5.11. The summed E-state index contributed by atoms with van der Waals surface area (Å²) in [4.78, 5) is 27.1. The number of hydrogen-bond acceptors (Lipinski definition) is 4. The molecule has 0 saturated carbocycles. The summed E-state index contributed by atoms with van der Waals surface area (Å²) < 4.78 is 10.7. The van der Waals surface area contributed by atoms with Crippen LogP contribution in [0.15, 0.2) is 18.2 Å². The van der Waals surface area contributed by atoms with Crippen LogP contribution in [-0.4, -0.2) is 50.1 Å². The Morgan fingerprint density at radius 2 is 2.12 bits per heavy atom. The van der Waals surface area contributed by atoms with Crippen molar-refractivity contribution in [3.63, 3.8) is 0 Å². The molecule has 0 aliphatic carbocycles. The summed E-state index contributed by atoms with van der Waals surface area (Å²) in [5.74, 6) is 0.634. The monoisotopic (exact) mass is 346 g/mol. The van der Waals surface area contributed by atoms with E-state index in [-0.39, 0.29) is 18.2 Å². The van der Waals surface area contributed by atoms with Crippen molar-refractivity contribution in [1.82, 2.24) is 4.90 Å². The molecule has 136 valence electrons. The third kappa shape index (κ3) is 3.95. The number of rotatable bonds is 5. The quantitative estimate of drug-likeness (QED) is 0.889. The third-order valence-electron chi connectivity index (χ3n) is 5.11. The Labute approximate surface area is 148 Å². The van der Waals surface area contributed by atoms with Crippen molar-refractivity contribution in [2.45, 2.75) is 32.1 Å². The second kappa shape index (κ2) is 7.87. The molecule has 0 radical (unpaired) electrons. The van der Waals surface area contributed by atoms with Crippen molar-refractivity contribution in [3.8, 4) is 5.75 Å². The van der Waals surface area contributed by atoms with Crippen molar-refractivity contribution < 1.29 is 19.1 Å². The molecule has 0 aromatic heterocycles. The number of nitrogens with one attached hydrogen (secondary N) is 1. The first-order valence-corrected chi connectivity index (χ1v) is 8.96. The number of nitrogens with zero attached hydrogens (tertiary/aromatic N) is 1. The molecular formula is C19H26N2O4. The number of amides is 2. The van der Waals surface area contributed by atoms with E-state index in [2.05, 4.69) is 5.32 Å². The zero-order chi connectivity index (χ0) is 17.8. The van der Waals surface area contributed by atoms with Gasteiger partial charge in [0.05, 0.1) is 13.0 Å². The maximum atomic E-state index is 13.2. The lowest BCUT2D eigenvalue weighted by atomic mass is 9.88. The van der Waals surface area contributed by atoms with E-state index in [1.807, 2.05) is 17.9 Å². The molecule has 6 heteroatoms. The SMILES string of the molecule is CCN(CC1CCOCC1)C(=O)C1CC(=O)Nc2ccc(OC)cc21. The predicted molar refractivity (Wildman–Crippen MR) is 94.8 cm³/mol. The summed E-state index contributed by atoms with van der Waals surface area (Å²) in [5, 5.41) is 2.85. The summed E-state index contributed by atoms with van der Waals surface area (Å²) in [7, 11) is 1.60. The van der Waals surface area contributed by atoms with Crippen molar-refractivity contribution in [2.24, 2.45) is 5.92 Å². The van der Waals surface area contributed by atoms with Gasteiger partial charge in [-0.15, -0.1) is 0 Å². The Morgan fingerprint density at radius 3 is 2.80 bits per heavy atom. The highest BCUT2D eigenvalue weighted by Crippen LogP contribution is 2.36. The lowest BCUT2D eigenvalue weighted by Gasteiger charge is -2.33. The first-order chi connectivity index (χ1) is 12.1. The van der Waals surface area contributed by atoms with Crippen molar-refractivity contribution in [1.29, 1.82) is 0 Å². The summed E-state index contributed by atoms with van der Waals surface area (Å²) in [6.45, 7) is 4.90. The topological polar surface area (TPSA) is 67.9 Å². The molecule has 1 unspecified atom stereocenters. The number of ether oxygens (including phenoxy) is 2. The lowest BCUT2D eigenvalue weighted by molar-refractivity contribution is -0.135. The van der Waals surface area contributed by atoms with Crippen LogP contribution in [0.3, 0.4) is 0 Å². The molecule has 3 rings (SSSR count). The molecule has 1 atom stereocenters. The number of carbonyl (C=O) groups excluding carboxylic acids is 2. The summed E-state index contributed by atoms with van der Waals surface area (Å²) in [5.41, 5.74) is 1.55. The number of methoxy groups -OCH3 is 1. The zero-order valence-electron chi connectivity index (χ0n) is 14.9. The minimum atomic E-state index is -0.446. The molecule has 2 aliphatic heterocycles. The molecule has 1 saturated heterocycles. The van der Waals surface area contributed by atoms with E-state index in [9.17, 15) is 9.59 Å². The number of hydrogen-bond donors (Lipinski definition) is 1. The molecule has 1 aromatic carbocycles. The van der Waals surface area contributed by atoms with Crippen LogP contribution in [0.4, 0.5) is 5.69 Å². The molecule has 2 aliphatic rings. The maximum absolute atomic E-state index is 13.2. The minimum Gasteiger partial charge on any atom is -0.497 e. The Hall–Kier alpha value is -2.08. The van der Waals surface area contributed by atoms with Crippen molar-refractivity contribution in [2.75, 3.05) is 38.7 Å². The molecule has 6 nitrogen and oxygen atoms in total. The Balaban J connectivity index is 1.81. The molecule has 2 heterocycles. The van der Waals surface area contributed by atoms with Gasteiger partial charge in [-0.05, 0) is 49.4 Å². The molecule has 0 bridgehead atoms. The van der Waals surface area contributed by atoms with Gasteiger partial charge in [0.15, 0.2) is 0 Å². The highest BCUT2D eigenvalue weighted by atomic mass is 16.5. The maximum Gasteiger partial charge on any atom is 0.230 e. The van der Waals surface area contributed by atoms with Crippen LogP contribution in [0.5, 0.6) is 5.75 Å². The normalized spacial score (nSPS) is 20.6. The van der Waals surface area contributed by atoms with Crippen LogP contribution in [0.25, 0.3) is 0 Å². The Morgan fingerprint density at radius 1 is 1.36 bits per heavy atom. The standard InChI is InChI=1S/C19H26N2O4/c1-3-21(12-13-6-8-25-9-7-13)19(23)16-11-18(22)20-17-5-4-14(24-2)10-15(16)17/h4-5,10,13,16H,3,6-9,11-12H2,1-2H3,(H,20,22). The van der Waals surface area contributed by atoms with Crippen LogP contribution in [0, 0.1) is 5.92 Å². The predicted octanol–water partition coefficient (Wildman–Crippen LogP) is 2.40. The molecule has 1 aromatic rings. The van der Waals surface area contributed by atoms with Gasteiger partial charge in [0.25, 0.3) is 0 Å². The number of fused-ring (bicyclic) bond motifs is 1. The number of anilines is 1. The van der Waals surface area contributed by atoms with E-state index in [4.69, 9.17) is 9.47 Å². The van der Waals surface area contributed by atoms with Crippen LogP contribution >= 0.6 is 0 Å². The molecule has 2 amide bonds. The van der Waals surface area contributed by atoms with Crippen LogP contribution < -0.4 is 10.1 Å². The van der Waals surface area contributed by atoms with Crippen molar-refractivity contribution in [3.05, 3.63) is 23.8 Å². The Bertz CT molecular complexity index is 640. The fraction of sp³-hybridized carbons (Fsp3) is 0.579. The number of likely N-dealkylation sites (N-methyl/N-ethyl adjacent to an activating group) is 1. The molecular weight excluding hydrogens is 320 g/mol. The van der Waals surface area contributed by atoms with Gasteiger partial charge in [-0.25, -0.2) is 0 Å². The second-order valence-corrected chi connectivity index (χ2v) is 6.69. The average Bonchev–Trinajstić information content (AvgIpc) is 2.65. The fourth-order valence-electron chi connectivity index (χ4n) is 3.62. The van der Waals surface area contributed by atoms with Gasteiger partial charge in [-0.2, -0.15) is 0 Å². The Kier molecular flexibility index (Phi) is 5.58. The zero-order valence-corrected chi connectivity index (χ0v) is 14.9. The molecule has 25 heavy (non-hydrogen) atoms. The van der Waals surface area contributed by atoms with Gasteiger partial charge in [-0.1, -0.05) is 0 Å². The number of carbonyl (C=O) groups is 2. The summed E-state index contributed by atoms with van der Waals surface area (Å²) >= 11 is 0. The summed E-state index contributed by atoms with van der Waals surface area (Å²) in [6, 6.07) is 5.46. The first kappa shape index (κ1) is 17.7. The largest absolute Gasteiger partial charge is 0.497 e. The smallest absolute Gasteiger partial charge is 0.230 e. The highest BCUT2D eigenvalue weighted by Gasteiger charge is 2.34. The second-order valence-electron chi connectivity index (χ2n) is 6.69. The number of benzene rings is 1. The van der Waals surface area contributed by atoms with Crippen LogP contribution in [0.2, 0.25) is 0 Å².